The molecule has 4 nitrogen and oxygen atoms in total. The van der Waals surface area contributed by atoms with Crippen LogP contribution >= 0.6 is 0 Å². The molecule has 0 spiro atoms. The molecule has 0 atom stereocenters. The molecule has 1 aliphatic rings. The Bertz CT molecular complexity index is 250. The van der Waals surface area contributed by atoms with E-state index in [9.17, 15) is 0 Å². The van der Waals surface area contributed by atoms with E-state index in [1.807, 2.05) is 0 Å². The molecule has 58 valence electrons. The lowest BCUT2D eigenvalue weighted by molar-refractivity contribution is 0.486. The number of aliphatic imine (C=N–C) groups is 1. The van der Waals surface area contributed by atoms with E-state index in [1.54, 1.807) is 32.6 Å². The van der Waals surface area contributed by atoms with Crippen molar-refractivity contribution in [2.75, 3.05) is 14.1 Å². The second kappa shape index (κ2) is 3.65. The Morgan fingerprint density at radius 1 is 1.45 bits per heavy atom. The SMILES string of the molecule is C/N=N/C=C1/C=CO/C1=N/C. The van der Waals surface area contributed by atoms with Crippen LogP contribution in [0.15, 0.2) is 39.3 Å². The van der Waals surface area contributed by atoms with E-state index < -0.39 is 0 Å². The van der Waals surface area contributed by atoms with Crippen molar-refractivity contribution < 1.29 is 4.74 Å². The molecule has 0 aromatic rings. The lowest BCUT2D eigenvalue weighted by atomic mass is 10.3. The quantitative estimate of drug-likeness (QED) is 0.524. The van der Waals surface area contributed by atoms with Crippen molar-refractivity contribution >= 4 is 5.90 Å². The highest BCUT2D eigenvalue weighted by atomic mass is 16.5. The normalized spacial score (nSPS) is 23.8. The number of hydrogen-bond donors (Lipinski definition) is 0. The smallest absolute Gasteiger partial charge is 0.222 e. The highest BCUT2D eigenvalue weighted by molar-refractivity contribution is 5.98. The predicted octanol–water partition coefficient (Wildman–Crippen LogP) is 1.52. The molecule has 0 fully saturated rings. The summed E-state index contributed by atoms with van der Waals surface area (Å²) in [4.78, 5) is 3.88. The average molecular weight is 151 g/mol. The van der Waals surface area contributed by atoms with Crippen LogP contribution in [0.2, 0.25) is 0 Å². The van der Waals surface area contributed by atoms with Crippen LogP contribution < -0.4 is 0 Å². The second-order valence-corrected chi connectivity index (χ2v) is 1.85. The molecule has 11 heavy (non-hydrogen) atoms. The van der Waals surface area contributed by atoms with Crippen molar-refractivity contribution in [2.45, 2.75) is 0 Å². The third-order valence-corrected chi connectivity index (χ3v) is 1.19. The van der Waals surface area contributed by atoms with Gasteiger partial charge < -0.3 is 4.74 Å². The molecule has 1 aliphatic heterocycles. The fourth-order valence-corrected chi connectivity index (χ4v) is 0.711. The number of rotatable bonds is 1. The van der Waals surface area contributed by atoms with Gasteiger partial charge in [-0.3, -0.25) is 4.99 Å². The van der Waals surface area contributed by atoms with E-state index in [4.69, 9.17) is 4.74 Å². The van der Waals surface area contributed by atoms with Crippen LogP contribution in [0.5, 0.6) is 0 Å². The molecule has 0 aliphatic carbocycles. The summed E-state index contributed by atoms with van der Waals surface area (Å²) in [6.07, 6.45) is 4.96. The van der Waals surface area contributed by atoms with Gasteiger partial charge in [0.15, 0.2) is 0 Å². The highest BCUT2D eigenvalue weighted by Crippen LogP contribution is 2.10. The third kappa shape index (κ3) is 1.73. The first-order valence-electron chi connectivity index (χ1n) is 3.18. The number of azo groups is 1. The van der Waals surface area contributed by atoms with Crippen molar-refractivity contribution in [3.8, 4) is 0 Å². The molecule has 0 N–H and O–H groups in total. The predicted molar refractivity (Wildman–Crippen MR) is 42.4 cm³/mol. The van der Waals surface area contributed by atoms with E-state index in [1.165, 1.54) is 0 Å². The van der Waals surface area contributed by atoms with Crippen LogP contribution in [-0.4, -0.2) is 20.0 Å². The first kappa shape index (κ1) is 7.65. The van der Waals surface area contributed by atoms with Gasteiger partial charge in [-0.15, -0.1) is 0 Å². The fraction of sp³-hybridized carbons (Fsp3) is 0.286. The van der Waals surface area contributed by atoms with Crippen LogP contribution in [0.3, 0.4) is 0 Å². The van der Waals surface area contributed by atoms with Gasteiger partial charge >= 0.3 is 0 Å². The maximum Gasteiger partial charge on any atom is 0.222 e. The molecule has 0 radical (unpaired) electrons. The monoisotopic (exact) mass is 151 g/mol. The minimum atomic E-state index is 0.581. The van der Waals surface area contributed by atoms with Gasteiger partial charge in [-0.05, 0) is 6.08 Å². The van der Waals surface area contributed by atoms with E-state index in [0.29, 0.717) is 5.90 Å². The van der Waals surface area contributed by atoms with Gasteiger partial charge in [0.1, 0.15) is 0 Å². The molecule has 1 rings (SSSR count). The zero-order valence-electron chi connectivity index (χ0n) is 6.48. The molecule has 4 heteroatoms. The molecule has 0 amide bonds. The summed E-state index contributed by atoms with van der Waals surface area (Å²) in [5.74, 6) is 0.581. The second-order valence-electron chi connectivity index (χ2n) is 1.85. The van der Waals surface area contributed by atoms with Gasteiger partial charge in [0.05, 0.1) is 18.0 Å². The van der Waals surface area contributed by atoms with Gasteiger partial charge in [0.2, 0.25) is 5.90 Å². The molecule has 0 aromatic heterocycles. The van der Waals surface area contributed by atoms with Crippen molar-refractivity contribution in [3.63, 3.8) is 0 Å². The minimum Gasteiger partial charge on any atom is -0.446 e. The summed E-state index contributed by atoms with van der Waals surface area (Å²) in [6, 6.07) is 0. The highest BCUT2D eigenvalue weighted by Gasteiger charge is 2.08. The number of hydrogen-bond acceptors (Lipinski definition) is 4. The van der Waals surface area contributed by atoms with Crippen molar-refractivity contribution in [1.82, 2.24) is 0 Å². The van der Waals surface area contributed by atoms with E-state index in [-0.39, 0.29) is 0 Å². The standard InChI is InChI=1S/C7H9N3O/c1-8-7-6(3-4-11-7)5-10-9-2/h3-5H,1-2H3/b6-5-,8-7+,10-9+. The summed E-state index contributed by atoms with van der Waals surface area (Å²) in [5.41, 5.74) is 0.845. The first-order chi connectivity index (χ1) is 5.38. The summed E-state index contributed by atoms with van der Waals surface area (Å²) in [7, 11) is 3.28. The molecule has 0 bridgehead atoms. The summed E-state index contributed by atoms with van der Waals surface area (Å²) < 4.78 is 5.01. The lowest BCUT2D eigenvalue weighted by Crippen LogP contribution is -1.95. The van der Waals surface area contributed by atoms with Crippen molar-refractivity contribution in [3.05, 3.63) is 24.1 Å². The Labute approximate surface area is 65.0 Å². The summed E-state index contributed by atoms with van der Waals surface area (Å²) in [6.45, 7) is 0. The van der Waals surface area contributed by atoms with E-state index in [0.717, 1.165) is 5.57 Å². The molecule has 0 saturated carbocycles. The molecular formula is C7H9N3O. The molecule has 1 heterocycles. The Balaban J connectivity index is 2.78. The molecule has 0 saturated heterocycles. The Morgan fingerprint density at radius 3 is 2.91 bits per heavy atom. The molecule has 0 aromatic carbocycles. The maximum atomic E-state index is 5.01. The molecular weight excluding hydrogens is 142 g/mol. The molecule has 0 unspecified atom stereocenters. The van der Waals surface area contributed by atoms with Crippen molar-refractivity contribution in [1.29, 1.82) is 0 Å². The van der Waals surface area contributed by atoms with Crippen LogP contribution in [0.25, 0.3) is 0 Å². The van der Waals surface area contributed by atoms with Crippen molar-refractivity contribution in [2.24, 2.45) is 15.2 Å². The summed E-state index contributed by atoms with van der Waals surface area (Å²) in [5, 5.41) is 7.27. The zero-order valence-corrected chi connectivity index (χ0v) is 6.48. The largest absolute Gasteiger partial charge is 0.446 e. The van der Waals surface area contributed by atoms with E-state index in [2.05, 4.69) is 15.2 Å². The Morgan fingerprint density at radius 2 is 2.27 bits per heavy atom. The lowest BCUT2D eigenvalue weighted by Gasteiger charge is -1.93. The van der Waals surface area contributed by atoms with Gasteiger partial charge in [-0.1, -0.05) is 0 Å². The average Bonchev–Trinajstić information content (AvgIpc) is 2.47. The van der Waals surface area contributed by atoms with Gasteiger partial charge in [-0.2, -0.15) is 10.2 Å². The topological polar surface area (TPSA) is 46.3 Å². The van der Waals surface area contributed by atoms with Crippen LogP contribution in [0, 0.1) is 0 Å². The third-order valence-electron chi connectivity index (χ3n) is 1.19. The number of nitrogens with zero attached hydrogens (tertiary/aromatic N) is 3. The minimum absolute atomic E-state index is 0.581. The van der Waals surface area contributed by atoms with Gasteiger partial charge in [0.25, 0.3) is 0 Å². The van der Waals surface area contributed by atoms with Gasteiger partial charge in [-0.25, -0.2) is 0 Å². The Hall–Kier alpha value is -1.45. The van der Waals surface area contributed by atoms with E-state index >= 15 is 0 Å². The van der Waals surface area contributed by atoms with Gasteiger partial charge in [0, 0.05) is 14.1 Å². The fourth-order valence-electron chi connectivity index (χ4n) is 0.711. The summed E-state index contributed by atoms with van der Waals surface area (Å²) >= 11 is 0. The maximum absolute atomic E-state index is 5.01. The Kier molecular flexibility index (Phi) is 2.54. The first-order valence-corrected chi connectivity index (χ1v) is 3.18. The van der Waals surface area contributed by atoms with Crippen LogP contribution in [-0.2, 0) is 4.74 Å². The number of ether oxygens (including phenoxy) is 1. The zero-order chi connectivity index (χ0) is 8.10. The van der Waals surface area contributed by atoms with Crippen LogP contribution in [0.4, 0.5) is 0 Å². The van der Waals surface area contributed by atoms with Crippen LogP contribution in [0.1, 0.15) is 0 Å².